The first-order valence-electron chi connectivity index (χ1n) is 8.84. The Morgan fingerprint density at radius 3 is 2.63 bits per heavy atom. The Labute approximate surface area is 156 Å². The number of aryl methyl sites for hydroxylation is 1. The van der Waals surface area contributed by atoms with Crippen molar-refractivity contribution < 1.29 is 18.7 Å². The van der Waals surface area contributed by atoms with Crippen LogP contribution in [0, 0.1) is 5.82 Å². The van der Waals surface area contributed by atoms with E-state index in [2.05, 4.69) is 10.3 Å². The molecule has 0 aliphatic heterocycles. The molecule has 0 fully saturated rings. The minimum atomic E-state index is -0.426. The van der Waals surface area contributed by atoms with Gasteiger partial charge in [0.2, 0.25) is 0 Å². The fourth-order valence-corrected chi connectivity index (χ4v) is 2.88. The third-order valence-electron chi connectivity index (χ3n) is 4.31. The molecule has 3 rings (SSSR count). The SMILES string of the molecule is O=C(COC(=O)CCc1c[nH]c2ccccc12)NCCc1ccccc1F. The minimum Gasteiger partial charge on any atom is -0.456 e. The van der Waals surface area contributed by atoms with Gasteiger partial charge in [0.05, 0.1) is 0 Å². The van der Waals surface area contributed by atoms with Crippen molar-refractivity contribution in [3.63, 3.8) is 0 Å². The molecule has 5 nitrogen and oxygen atoms in total. The van der Waals surface area contributed by atoms with Gasteiger partial charge in [-0.2, -0.15) is 0 Å². The van der Waals surface area contributed by atoms with Crippen molar-refractivity contribution in [1.29, 1.82) is 0 Å². The Balaban J connectivity index is 1.36. The summed E-state index contributed by atoms with van der Waals surface area (Å²) in [6, 6.07) is 14.3. The molecular formula is C21H21FN2O3. The quantitative estimate of drug-likeness (QED) is 0.600. The molecule has 0 radical (unpaired) electrons. The number of amides is 1. The highest BCUT2D eigenvalue weighted by molar-refractivity contribution is 5.84. The van der Waals surface area contributed by atoms with Crippen LogP contribution in [0.2, 0.25) is 0 Å². The molecule has 1 aromatic heterocycles. The van der Waals surface area contributed by atoms with Gasteiger partial charge >= 0.3 is 5.97 Å². The predicted molar refractivity (Wildman–Crippen MR) is 101 cm³/mol. The summed E-state index contributed by atoms with van der Waals surface area (Å²) in [6.45, 7) is -0.0450. The van der Waals surface area contributed by atoms with E-state index in [0.717, 1.165) is 16.5 Å². The molecule has 0 saturated carbocycles. The normalized spacial score (nSPS) is 10.7. The van der Waals surface area contributed by atoms with Crippen molar-refractivity contribution in [1.82, 2.24) is 10.3 Å². The van der Waals surface area contributed by atoms with Crippen molar-refractivity contribution in [2.24, 2.45) is 0 Å². The molecule has 0 unspecified atom stereocenters. The summed E-state index contributed by atoms with van der Waals surface area (Å²) >= 11 is 0. The number of rotatable bonds is 8. The Hall–Kier alpha value is -3.15. The van der Waals surface area contributed by atoms with Crippen LogP contribution in [-0.4, -0.2) is 30.0 Å². The van der Waals surface area contributed by atoms with Gasteiger partial charge in [0.25, 0.3) is 5.91 Å². The molecule has 6 heteroatoms. The molecule has 140 valence electrons. The van der Waals surface area contributed by atoms with Crippen LogP contribution < -0.4 is 5.32 Å². The van der Waals surface area contributed by atoms with Crippen LogP contribution in [0.15, 0.2) is 54.7 Å². The predicted octanol–water partition coefficient (Wildman–Crippen LogP) is 3.14. The second kappa shape index (κ2) is 8.98. The zero-order chi connectivity index (χ0) is 19.1. The van der Waals surface area contributed by atoms with Gasteiger partial charge in [-0.05, 0) is 36.1 Å². The average Bonchev–Trinajstić information content (AvgIpc) is 3.09. The third-order valence-corrected chi connectivity index (χ3v) is 4.31. The summed E-state index contributed by atoms with van der Waals surface area (Å²) in [7, 11) is 0. The number of carbonyl (C=O) groups is 2. The Morgan fingerprint density at radius 2 is 1.78 bits per heavy atom. The van der Waals surface area contributed by atoms with Gasteiger partial charge in [0, 0.05) is 30.1 Å². The fraction of sp³-hybridized carbons (Fsp3) is 0.238. The lowest BCUT2D eigenvalue weighted by atomic mass is 10.1. The van der Waals surface area contributed by atoms with E-state index in [0.29, 0.717) is 18.4 Å². The van der Waals surface area contributed by atoms with Crippen molar-refractivity contribution >= 4 is 22.8 Å². The second-order valence-electron chi connectivity index (χ2n) is 6.21. The lowest BCUT2D eigenvalue weighted by molar-refractivity contribution is -0.148. The van der Waals surface area contributed by atoms with Crippen LogP contribution in [0.25, 0.3) is 10.9 Å². The number of nitrogens with one attached hydrogen (secondary N) is 2. The van der Waals surface area contributed by atoms with Crippen LogP contribution in [0.1, 0.15) is 17.5 Å². The van der Waals surface area contributed by atoms with Crippen LogP contribution in [0.3, 0.4) is 0 Å². The molecule has 3 aromatic rings. The monoisotopic (exact) mass is 368 g/mol. The van der Waals surface area contributed by atoms with Crippen LogP contribution >= 0.6 is 0 Å². The van der Waals surface area contributed by atoms with E-state index in [1.165, 1.54) is 6.07 Å². The first-order chi connectivity index (χ1) is 13.1. The fourth-order valence-electron chi connectivity index (χ4n) is 2.88. The van der Waals surface area contributed by atoms with Gasteiger partial charge in [0.15, 0.2) is 6.61 Å². The van der Waals surface area contributed by atoms with Crippen LogP contribution in [0.5, 0.6) is 0 Å². The van der Waals surface area contributed by atoms with E-state index in [9.17, 15) is 14.0 Å². The number of para-hydroxylation sites is 1. The average molecular weight is 368 g/mol. The number of hydrogen-bond donors (Lipinski definition) is 2. The van der Waals surface area contributed by atoms with E-state index >= 15 is 0 Å². The first kappa shape index (κ1) is 18.6. The Morgan fingerprint density at radius 1 is 1.00 bits per heavy atom. The lowest BCUT2D eigenvalue weighted by Crippen LogP contribution is -2.30. The Kier molecular flexibility index (Phi) is 6.20. The van der Waals surface area contributed by atoms with Crippen molar-refractivity contribution in [2.75, 3.05) is 13.2 Å². The molecule has 2 N–H and O–H groups in total. The zero-order valence-corrected chi connectivity index (χ0v) is 14.8. The molecule has 0 atom stereocenters. The number of aromatic amines is 1. The number of ether oxygens (including phenoxy) is 1. The summed E-state index contributed by atoms with van der Waals surface area (Å²) in [4.78, 5) is 26.8. The van der Waals surface area contributed by atoms with E-state index in [-0.39, 0.29) is 25.4 Å². The van der Waals surface area contributed by atoms with Crippen LogP contribution in [0.4, 0.5) is 4.39 Å². The van der Waals surface area contributed by atoms with E-state index in [4.69, 9.17) is 4.74 Å². The summed E-state index contributed by atoms with van der Waals surface area (Å²) < 4.78 is 18.5. The van der Waals surface area contributed by atoms with Gasteiger partial charge in [-0.3, -0.25) is 9.59 Å². The summed E-state index contributed by atoms with van der Waals surface area (Å²) in [5.74, 6) is -1.12. The van der Waals surface area contributed by atoms with Crippen molar-refractivity contribution in [3.8, 4) is 0 Å². The van der Waals surface area contributed by atoms with E-state index < -0.39 is 11.9 Å². The molecule has 1 amide bonds. The van der Waals surface area contributed by atoms with Gasteiger partial charge in [-0.1, -0.05) is 36.4 Å². The number of H-pyrrole nitrogens is 1. The maximum absolute atomic E-state index is 13.5. The first-order valence-corrected chi connectivity index (χ1v) is 8.84. The molecule has 1 heterocycles. The number of halogens is 1. The number of carbonyl (C=O) groups excluding carboxylic acids is 2. The minimum absolute atomic E-state index is 0.199. The highest BCUT2D eigenvalue weighted by atomic mass is 19.1. The standard InChI is InChI=1S/C21H21FN2O3/c22-18-7-3-1-5-15(18)11-12-23-20(25)14-27-21(26)10-9-16-13-24-19-8-4-2-6-17(16)19/h1-8,13,24H,9-12,14H2,(H,23,25). The Bertz CT molecular complexity index is 936. The number of esters is 1. The number of fused-ring (bicyclic) bond motifs is 1. The highest BCUT2D eigenvalue weighted by Crippen LogP contribution is 2.19. The largest absolute Gasteiger partial charge is 0.456 e. The second-order valence-corrected chi connectivity index (χ2v) is 6.21. The molecule has 0 bridgehead atoms. The number of hydrogen-bond acceptors (Lipinski definition) is 3. The van der Waals surface area contributed by atoms with Gasteiger partial charge in [-0.15, -0.1) is 0 Å². The maximum atomic E-state index is 13.5. The molecule has 0 saturated heterocycles. The molecule has 0 aliphatic rings. The van der Waals surface area contributed by atoms with Gasteiger partial charge < -0.3 is 15.0 Å². The smallest absolute Gasteiger partial charge is 0.306 e. The van der Waals surface area contributed by atoms with Crippen molar-refractivity contribution in [2.45, 2.75) is 19.3 Å². The van der Waals surface area contributed by atoms with Crippen LogP contribution in [-0.2, 0) is 27.2 Å². The lowest BCUT2D eigenvalue weighted by Gasteiger charge is -2.07. The molecular weight excluding hydrogens is 347 g/mol. The molecule has 0 spiro atoms. The van der Waals surface area contributed by atoms with Gasteiger partial charge in [-0.25, -0.2) is 4.39 Å². The summed E-state index contributed by atoms with van der Waals surface area (Å²) in [5, 5.41) is 3.70. The van der Waals surface area contributed by atoms with E-state index in [1.807, 2.05) is 30.5 Å². The zero-order valence-electron chi connectivity index (χ0n) is 14.8. The summed E-state index contributed by atoms with van der Waals surface area (Å²) in [5.41, 5.74) is 2.60. The highest BCUT2D eigenvalue weighted by Gasteiger charge is 2.10. The number of benzene rings is 2. The topological polar surface area (TPSA) is 71.2 Å². The molecule has 2 aromatic carbocycles. The van der Waals surface area contributed by atoms with E-state index in [1.54, 1.807) is 18.2 Å². The van der Waals surface area contributed by atoms with Crippen molar-refractivity contribution in [3.05, 3.63) is 71.7 Å². The van der Waals surface area contributed by atoms with Gasteiger partial charge in [0.1, 0.15) is 5.82 Å². The molecule has 0 aliphatic carbocycles. The molecule has 27 heavy (non-hydrogen) atoms. The third kappa shape index (κ3) is 5.17. The number of aromatic nitrogens is 1. The maximum Gasteiger partial charge on any atom is 0.306 e. The summed E-state index contributed by atoms with van der Waals surface area (Å²) in [6.07, 6.45) is 3.00.